The molecule has 0 bridgehead atoms. The molecule has 0 amide bonds. The number of carboxylic acids is 1. The number of carbonyl (C=O) groups excluding carboxylic acids is 2. The van der Waals surface area contributed by atoms with Crippen molar-refractivity contribution in [1.29, 1.82) is 0 Å². The Balaban J connectivity index is -0.000000258. The number of hydrogen-bond donors (Lipinski definition) is 0. The second-order valence-corrected chi connectivity index (χ2v) is 7.48. The zero-order valence-corrected chi connectivity index (χ0v) is 22.1. The zero-order valence-electron chi connectivity index (χ0n) is 20.1. The van der Waals surface area contributed by atoms with E-state index in [1.807, 2.05) is 13.8 Å². The van der Waals surface area contributed by atoms with Crippen molar-refractivity contribution in [1.82, 2.24) is 0 Å². The fraction of sp³-hybridized carbons (Fsp3) is 0.667. The van der Waals surface area contributed by atoms with E-state index in [9.17, 15) is 14.7 Å². The van der Waals surface area contributed by atoms with Crippen LogP contribution in [0.4, 0.5) is 0 Å². The second kappa shape index (κ2) is 27.1. The average Bonchev–Trinajstić information content (AvgIpc) is 2.66. The Morgan fingerprint density at radius 2 is 1.23 bits per heavy atom. The average molecular weight is 451 g/mol. The maximum absolute atomic E-state index is 11.3. The predicted molar refractivity (Wildman–Crippen MR) is 120 cm³/mol. The van der Waals surface area contributed by atoms with Crippen LogP contribution in [0.1, 0.15) is 108 Å². The molecule has 1 aromatic rings. The molecule has 0 spiro atoms. The third kappa shape index (κ3) is 27.0. The summed E-state index contributed by atoms with van der Waals surface area (Å²) in [5.74, 6) is -1.17. The van der Waals surface area contributed by atoms with Gasteiger partial charge in [-0.05, 0) is 25.8 Å². The number of carboxylic acid groups (broad SMARTS) is 1. The van der Waals surface area contributed by atoms with Gasteiger partial charge in [0.25, 0.3) is 0 Å². The van der Waals surface area contributed by atoms with Crippen LogP contribution in [0.2, 0.25) is 0 Å². The van der Waals surface area contributed by atoms with Gasteiger partial charge in [-0.3, -0.25) is 4.79 Å². The molecule has 176 valence electrons. The van der Waals surface area contributed by atoms with Gasteiger partial charge in [0.05, 0.1) is 12.1 Å². The van der Waals surface area contributed by atoms with Gasteiger partial charge in [0, 0.05) is 6.42 Å². The van der Waals surface area contributed by atoms with Crippen molar-refractivity contribution in [3.05, 3.63) is 35.9 Å². The molecule has 0 radical (unpaired) electrons. The van der Waals surface area contributed by atoms with E-state index in [1.165, 1.54) is 76.3 Å². The molecule has 0 aromatic heterocycles. The van der Waals surface area contributed by atoms with Gasteiger partial charge in [-0.2, -0.15) is 0 Å². The van der Waals surface area contributed by atoms with Crippen LogP contribution >= 0.6 is 0 Å². The van der Waals surface area contributed by atoms with E-state index in [-0.39, 0.29) is 58.1 Å². The number of unbranched alkanes of at least 4 members (excludes halogenated alkanes) is 10. The number of ether oxygens (including phenoxy) is 1. The van der Waals surface area contributed by atoms with E-state index >= 15 is 0 Å². The van der Waals surface area contributed by atoms with Crippen LogP contribution in [0.5, 0.6) is 0 Å². The molecule has 0 atom stereocenters. The summed E-state index contributed by atoms with van der Waals surface area (Å²) in [5.41, 5.74) is 0.220. The van der Waals surface area contributed by atoms with Crippen molar-refractivity contribution < 1.29 is 59.9 Å². The van der Waals surface area contributed by atoms with Gasteiger partial charge in [-0.15, -0.1) is 0 Å². The Kier molecular flexibility index (Phi) is 32.7. The van der Waals surface area contributed by atoms with Gasteiger partial charge in [0.2, 0.25) is 0 Å². The number of hydrogen-bond acceptors (Lipinski definition) is 4. The number of benzene rings is 1. The molecule has 0 heterocycles. The fourth-order valence-electron chi connectivity index (χ4n) is 2.83. The minimum absolute atomic E-state index is 0. The first-order valence-corrected chi connectivity index (χ1v) is 10.9. The van der Waals surface area contributed by atoms with Crippen molar-refractivity contribution in [2.45, 2.75) is 104 Å². The molecule has 4 N–H and O–H groups in total. The molecule has 7 heteroatoms. The van der Waals surface area contributed by atoms with Crippen LogP contribution in [-0.4, -0.2) is 29.0 Å². The third-order valence-electron chi connectivity index (χ3n) is 4.36. The molecule has 0 saturated heterocycles. The standard InChI is InChI=1S/C17H34O2.C7H6O2.Na.2H2O/c1-4-5-6-7-8-9-10-11-12-13-14-15-17(18)19-16(2)3;8-7(9)6-4-2-1-3-5-6;;;/h16H,4-15H2,1-3H3;1-5H,(H,8,9);;2*1H2/q;;+1;;/p-1. The maximum Gasteiger partial charge on any atom is 1.00 e. The van der Waals surface area contributed by atoms with Crippen LogP contribution in [0.15, 0.2) is 30.3 Å². The van der Waals surface area contributed by atoms with Gasteiger partial charge in [0.15, 0.2) is 0 Å². The first-order chi connectivity index (χ1) is 13.5. The van der Waals surface area contributed by atoms with E-state index in [1.54, 1.807) is 18.2 Å². The summed E-state index contributed by atoms with van der Waals surface area (Å²) in [7, 11) is 0. The van der Waals surface area contributed by atoms with Gasteiger partial charge in [0.1, 0.15) is 0 Å². The normalized spacial score (nSPS) is 9.29. The molecule has 31 heavy (non-hydrogen) atoms. The molecular weight excluding hydrogens is 407 g/mol. The summed E-state index contributed by atoms with van der Waals surface area (Å²) in [6.07, 6.45) is 15.1. The van der Waals surface area contributed by atoms with Crippen LogP contribution in [0, 0.1) is 0 Å². The molecule has 0 aliphatic carbocycles. The predicted octanol–water partition coefficient (Wildman–Crippen LogP) is 1.04. The summed E-state index contributed by atoms with van der Waals surface area (Å²) >= 11 is 0. The summed E-state index contributed by atoms with van der Waals surface area (Å²) < 4.78 is 5.10. The summed E-state index contributed by atoms with van der Waals surface area (Å²) in [4.78, 5) is 21.4. The van der Waals surface area contributed by atoms with Crippen LogP contribution in [-0.2, 0) is 9.53 Å². The second-order valence-electron chi connectivity index (χ2n) is 7.48. The SMILES string of the molecule is CCCCCCCCCCCCCC(=O)OC(C)C.O.O.O=C([O-])c1ccccc1.[Na+]. The van der Waals surface area contributed by atoms with Gasteiger partial charge in [-0.1, -0.05) is 101 Å². The van der Waals surface area contributed by atoms with Crippen LogP contribution < -0.4 is 34.7 Å². The van der Waals surface area contributed by atoms with Crippen LogP contribution in [0.25, 0.3) is 0 Å². The molecule has 1 rings (SSSR count). The summed E-state index contributed by atoms with van der Waals surface area (Å²) in [6.45, 7) is 6.06. The Hall–Kier alpha value is -0.920. The summed E-state index contributed by atoms with van der Waals surface area (Å²) in [5, 5.41) is 10.1. The van der Waals surface area contributed by atoms with Gasteiger partial charge < -0.3 is 25.6 Å². The first-order valence-electron chi connectivity index (χ1n) is 10.9. The zero-order chi connectivity index (χ0) is 21.0. The Bertz CT molecular complexity index is 508. The Morgan fingerprint density at radius 3 is 1.58 bits per heavy atom. The smallest absolute Gasteiger partial charge is 0.545 e. The Labute approximate surface area is 211 Å². The van der Waals surface area contributed by atoms with Crippen molar-refractivity contribution >= 4 is 11.9 Å². The van der Waals surface area contributed by atoms with Crippen LogP contribution in [0.3, 0.4) is 0 Å². The molecule has 0 saturated carbocycles. The van der Waals surface area contributed by atoms with Crippen molar-refractivity contribution in [3.8, 4) is 0 Å². The van der Waals surface area contributed by atoms with Crippen molar-refractivity contribution in [3.63, 3.8) is 0 Å². The number of aromatic carboxylic acids is 1. The molecule has 0 fully saturated rings. The molecule has 0 unspecified atom stereocenters. The molecule has 1 aromatic carbocycles. The van der Waals surface area contributed by atoms with E-state index in [4.69, 9.17) is 4.74 Å². The van der Waals surface area contributed by atoms with Gasteiger partial charge in [-0.25, -0.2) is 0 Å². The molecule has 6 nitrogen and oxygen atoms in total. The summed E-state index contributed by atoms with van der Waals surface area (Å²) in [6, 6.07) is 8.06. The first kappa shape index (κ1) is 37.4. The fourth-order valence-corrected chi connectivity index (χ4v) is 2.83. The largest absolute Gasteiger partial charge is 1.00 e. The molecular formula is C24H43NaO6. The van der Waals surface area contributed by atoms with E-state index < -0.39 is 5.97 Å². The topological polar surface area (TPSA) is 129 Å². The molecule has 0 aliphatic heterocycles. The van der Waals surface area contributed by atoms with Crippen molar-refractivity contribution in [2.24, 2.45) is 0 Å². The van der Waals surface area contributed by atoms with Gasteiger partial charge >= 0.3 is 35.5 Å². The van der Waals surface area contributed by atoms with Crippen molar-refractivity contribution in [2.75, 3.05) is 0 Å². The number of carbonyl (C=O) groups is 2. The molecule has 0 aliphatic rings. The van der Waals surface area contributed by atoms with E-state index in [2.05, 4.69) is 6.92 Å². The number of esters is 1. The minimum Gasteiger partial charge on any atom is -0.545 e. The Morgan fingerprint density at radius 1 is 0.806 bits per heavy atom. The minimum atomic E-state index is -1.13. The monoisotopic (exact) mass is 450 g/mol. The number of rotatable bonds is 14. The van der Waals surface area contributed by atoms with E-state index in [0.29, 0.717) is 6.42 Å². The maximum atomic E-state index is 11.3. The quantitative estimate of drug-likeness (QED) is 0.238. The van der Waals surface area contributed by atoms with E-state index in [0.717, 1.165) is 6.42 Å². The third-order valence-corrected chi connectivity index (χ3v) is 4.36.